The van der Waals surface area contributed by atoms with Crippen molar-refractivity contribution in [1.82, 2.24) is 4.90 Å². The Morgan fingerprint density at radius 2 is 2.15 bits per heavy atom. The van der Waals surface area contributed by atoms with Crippen molar-refractivity contribution in [3.05, 3.63) is 34.9 Å². The van der Waals surface area contributed by atoms with Crippen LogP contribution in [0.1, 0.15) is 42.4 Å². The molecule has 0 aromatic heterocycles. The Balaban J connectivity index is 1.97. The summed E-state index contributed by atoms with van der Waals surface area (Å²) in [6, 6.07) is 6.32. The molecule has 1 aliphatic rings. The number of carbonyl (C=O) groups is 1. The molecule has 0 radical (unpaired) electrons. The monoisotopic (exact) mass is 363 g/mol. The van der Waals surface area contributed by atoms with Crippen LogP contribution in [0, 0.1) is 19.3 Å². The summed E-state index contributed by atoms with van der Waals surface area (Å²) in [7, 11) is 1.64. The maximum atomic E-state index is 12.7. The number of likely N-dealkylation sites (tertiary alicyclic amines) is 1. The number of aliphatic hydroxyl groups excluding tert-OH is 2. The molecule has 5 nitrogen and oxygen atoms in total. The van der Waals surface area contributed by atoms with Gasteiger partial charge in [-0.3, -0.25) is 4.79 Å². The molecule has 1 aliphatic heterocycles. The minimum Gasteiger partial charge on any atom is -0.396 e. The molecule has 146 valence electrons. The molecule has 1 aromatic carbocycles. The third-order valence-corrected chi connectivity index (χ3v) is 5.68. The van der Waals surface area contributed by atoms with Gasteiger partial charge in [-0.05, 0) is 50.7 Å². The van der Waals surface area contributed by atoms with Crippen LogP contribution in [0.25, 0.3) is 0 Å². The molecule has 2 N–H and O–H groups in total. The van der Waals surface area contributed by atoms with Gasteiger partial charge in [0.2, 0.25) is 5.91 Å². The summed E-state index contributed by atoms with van der Waals surface area (Å²) in [5.74, 6) is 0.0986. The number of hydrogen-bond acceptors (Lipinski definition) is 4. The third kappa shape index (κ3) is 5.06. The number of ether oxygens (including phenoxy) is 1. The number of methoxy groups -OCH3 is 1. The first kappa shape index (κ1) is 20.9. The highest BCUT2D eigenvalue weighted by Gasteiger charge is 2.43. The summed E-state index contributed by atoms with van der Waals surface area (Å²) < 4.78 is 5.10. The zero-order chi connectivity index (χ0) is 19.2. The highest BCUT2D eigenvalue weighted by Crippen LogP contribution is 2.35. The fourth-order valence-corrected chi connectivity index (χ4v) is 3.94. The second-order valence-electron chi connectivity index (χ2n) is 7.67. The molecule has 1 fully saturated rings. The molecule has 0 bridgehead atoms. The summed E-state index contributed by atoms with van der Waals surface area (Å²) in [5, 5.41) is 20.4. The number of hydrogen-bond donors (Lipinski definition) is 2. The summed E-state index contributed by atoms with van der Waals surface area (Å²) in [6.45, 7) is 5.60. The topological polar surface area (TPSA) is 70.0 Å². The van der Waals surface area contributed by atoms with Gasteiger partial charge in [0.05, 0.1) is 12.7 Å². The second-order valence-corrected chi connectivity index (χ2v) is 7.67. The van der Waals surface area contributed by atoms with Gasteiger partial charge in [-0.1, -0.05) is 23.8 Å². The van der Waals surface area contributed by atoms with Crippen molar-refractivity contribution in [3.63, 3.8) is 0 Å². The number of amides is 1. The van der Waals surface area contributed by atoms with E-state index in [1.54, 1.807) is 7.11 Å². The van der Waals surface area contributed by atoms with Gasteiger partial charge in [-0.2, -0.15) is 0 Å². The van der Waals surface area contributed by atoms with Crippen molar-refractivity contribution in [2.45, 2.75) is 52.1 Å². The smallest absolute Gasteiger partial charge is 0.222 e. The summed E-state index contributed by atoms with van der Waals surface area (Å²) in [6.07, 6.45) is 2.54. The van der Waals surface area contributed by atoms with Gasteiger partial charge in [-0.25, -0.2) is 0 Å². The first-order valence-electron chi connectivity index (χ1n) is 9.53. The predicted octanol–water partition coefficient (Wildman–Crippen LogP) is 2.23. The SMILES string of the molecule is COCCC[C@@]1(CO)CN(C(=O)CCc2ccc(C)cc2C)CC[C@H]1O. The van der Waals surface area contributed by atoms with Gasteiger partial charge in [0.15, 0.2) is 0 Å². The average molecular weight is 363 g/mol. The molecule has 0 spiro atoms. The number of rotatable bonds is 8. The molecule has 1 aromatic rings. The van der Waals surface area contributed by atoms with E-state index in [1.807, 2.05) is 4.90 Å². The van der Waals surface area contributed by atoms with Gasteiger partial charge >= 0.3 is 0 Å². The maximum absolute atomic E-state index is 12.7. The lowest BCUT2D eigenvalue weighted by atomic mass is 9.74. The lowest BCUT2D eigenvalue weighted by Crippen LogP contribution is -2.55. The normalized spacial score (nSPS) is 23.3. The molecule has 1 heterocycles. The van der Waals surface area contributed by atoms with Gasteiger partial charge in [0.25, 0.3) is 0 Å². The van der Waals surface area contributed by atoms with E-state index >= 15 is 0 Å². The first-order chi connectivity index (χ1) is 12.4. The van der Waals surface area contributed by atoms with E-state index in [-0.39, 0.29) is 12.5 Å². The minimum atomic E-state index is -0.633. The molecule has 2 atom stereocenters. The first-order valence-corrected chi connectivity index (χ1v) is 9.53. The zero-order valence-electron chi connectivity index (χ0n) is 16.3. The average Bonchev–Trinajstić information content (AvgIpc) is 2.62. The van der Waals surface area contributed by atoms with Crippen molar-refractivity contribution in [2.24, 2.45) is 5.41 Å². The quantitative estimate of drug-likeness (QED) is 0.695. The Bertz CT molecular complexity index is 604. The molecule has 0 aliphatic carbocycles. The van der Waals surface area contributed by atoms with Crippen LogP contribution < -0.4 is 0 Å². The number of aryl methyl sites for hydroxylation is 3. The summed E-state index contributed by atoms with van der Waals surface area (Å²) in [4.78, 5) is 14.5. The fourth-order valence-electron chi connectivity index (χ4n) is 3.94. The number of nitrogens with zero attached hydrogens (tertiary/aromatic N) is 1. The molecule has 26 heavy (non-hydrogen) atoms. The molecule has 0 saturated carbocycles. The lowest BCUT2D eigenvalue weighted by Gasteiger charge is -2.45. The lowest BCUT2D eigenvalue weighted by molar-refractivity contribution is -0.142. The molecule has 2 rings (SSSR count). The molecule has 0 unspecified atom stereocenters. The van der Waals surface area contributed by atoms with Crippen molar-refractivity contribution in [2.75, 3.05) is 33.4 Å². The summed E-state index contributed by atoms with van der Waals surface area (Å²) >= 11 is 0. The summed E-state index contributed by atoms with van der Waals surface area (Å²) in [5.41, 5.74) is 3.02. The number of aliphatic hydroxyl groups is 2. The van der Waals surface area contributed by atoms with Crippen LogP contribution in [0.4, 0.5) is 0 Å². The van der Waals surface area contributed by atoms with Crippen molar-refractivity contribution in [3.8, 4) is 0 Å². The molecular weight excluding hydrogens is 330 g/mol. The van der Waals surface area contributed by atoms with E-state index in [9.17, 15) is 15.0 Å². The van der Waals surface area contributed by atoms with Crippen LogP contribution in [-0.4, -0.2) is 60.5 Å². The predicted molar refractivity (Wildman–Crippen MR) is 102 cm³/mol. The Morgan fingerprint density at radius 1 is 1.38 bits per heavy atom. The Hall–Kier alpha value is -1.43. The minimum absolute atomic E-state index is 0.0986. The molecule has 1 amide bonds. The van der Waals surface area contributed by atoms with Crippen molar-refractivity contribution < 1.29 is 19.7 Å². The van der Waals surface area contributed by atoms with Gasteiger partial charge in [0.1, 0.15) is 0 Å². The van der Waals surface area contributed by atoms with Crippen molar-refractivity contribution >= 4 is 5.91 Å². The fraction of sp³-hybridized carbons (Fsp3) is 0.667. The molecule has 5 heteroatoms. The van der Waals surface area contributed by atoms with Crippen LogP contribution in [0.3, 0.4) is 0 Å². The standard InChI is InChI=1S/C21H33NO4/c1-16-5-6-18(17(2)13-16)7-8-20(25)22-11-9-19(24)21(14-22,15-23)10-4-12-26-3/h5-6,13,19,23-24H,4,7-12,14-15H2,1-3H3/t19-,21+/m1/s1. The highest BCUT2D eigenvalue weighted by molar-refractivity contribution is 5.76. The number of carbonyl (C=O) groups excluding carboxylic acids is 1. The van der Waals surface area contributed by atoms with E-state index in [0.29, 0.717) is 39.0 Å². The van der Waals surface area contributed by atoms with Crippen LogP contribution in [0.15, 0.2) is 18.2 Å². The third-order valence-electron chi connectivity index (χ3n) is 5.68. The van der Waals surface area contributed by atoms with E-state index < -0.39 is 11.5 Å². The van der Waals surface area contributed by atoms with Crippen LogP contribution in [0.5, 0.6) is 0 Å². The van der Waals surface area contributed by atoms with E-state index in [2.05, 4.69) is 32.0 Å². The Morgan fingerprint density at radius 3 is 2.81 bits per heavy atom. The van der Waals surface area contributed by atoms with E-state index in [0.717, 1.165) is 12.8 Å². The number of piperidine rings is 1. The second kappa shape index (κ2) is 9.49. The molecule has 1 saturated heterocycles. The zero-order valence-corrected chi connectivity index (χ0v) is 16.3. The largest absolute Gasteiger partial charge is 0.396 e. The van der Waals surface area contributed by atoms with Gasteiger partial charge < -0.3 is 19.8 Å². The molecular formula is C21H33NO4. The maximum Gasteiger partial charge on any atom is 0.222 e. The highest BCUT2D eigenvalue weighted by atomic mass is 16.5. The van der Waals surface area contributed by atoms with E-state index in [1.165, 1.54) is 16.7 Å². The van der Waals surface area contributed by atoms with Gasteiger partial charge in [0, 0.05) is 38.6 Å². The van der Waals surface area contributed by atoms with Crippen LogP contribution >= 0.6 is 0 Å². The Labute approximate surface area is 157 Å². The van der Waals surface area contributed by atoms with Gasteiger partial charge in [-0.15, -0.1) is 0 Å². The number of benzene rings is 1. The van der Waals surface area contributed by atoms with Crippen LogP contribution in [0.2, 0.25) is 0 Å². The van der Waals surface area contributed by atoms with E-state index in [4.69, 9.17) is 4.74 Å². The Kier molecular flexibility index (Phi) is 7.62. The van der Waals surface area contributed by atoms with Crippen molar-refractivity contribution in [1.29, 1.82) is 0 Å². The van der Waals surface area contributed by atoms with Crippen LogP contribution in [-0.2, 0) is 16.0 Å².